The summed E-state index contributed by atoms with van der Waals surface area (Å²) in [5.41, 5.74) is 6.17. The van der Waals surface area contributed by atoms with Crippen LogP contribution >= 0.6 is 23.4 Å². The number of benzene rings is 1. The number of nitrogens with two attached hydrogens (primary N) is 1. The second kappa shape index (κ2) is 5.47. The van der Waals surface area contributed by atoms with Crippen molar-refractivity contribution < 1.29 is 4.39 Å². The lowest BCUT2D eigenvalue weighted by atomic mass is 10.2. The van der Waals surface area contributed by atoms with Gasteiger partial charge in [0.15, 0.2) is 0 Å². The first-order chi connectivity index (χ1) is 6.24. The van der Waals surface area contributed by atoms with Crippen molar-refractivity contribution >= 4 is 23.4 Å². The van der Waals surface area contributed by atoms with Crippen molar-refractivity contribution in [3.8, 4) is 0 Å². The van der Waals surface area contributed by atoms with Crippen molar-refractivity contribution in [1.82, 2.24) is 0 Å². The minimum Gasteiger partial charge on any atom is -0.330 e. The zero-order valence-corrected chi connectivity index (χ0v) is 8.67. The van der Waals surface area contributed by atoms with Gasteiger partial charge in [-0.1, -0.05) is 11.6 Å². The standard InChI is InChI=1S/C9H11ClFNS/c10-9-2-1-8(11)5-7(9)6-13-4-3-12/h1-2,5H,3-4,6,12H2. The van der Waals surface area contributed by atoms with E-state index in [-0.39, 0.29) is 5.82 Å². The van der Waals surface area contributed by atoms with Gasteiger partial charge in [-0.3, -0.25) is 0 Å². The molecule has 0 aliphatic carbocycles. The van der Waals surface area contributed by atoms with Crippen molar-refractivity contribution in [1.29, 1.82) is 0 Å². The molecule has 0 atom stereocenters. The van der Waals surface area contributed by atoms with Gasteiger partial charge in [-0.15, -0.1) is 0 Å². The lowest BCUT2D eigenvalue weighted by Crippen LogP contribution is -2.01. The van der Waals surface area contributed by atoms with E-state index in [9.17, 15) is 4.39 Å². The average Bonchev–Trinajstić information content (AvgIpc) is 2.11. The van der Waals surface area contributed by atoms with Gasteiger partial charge in [0.25, 0.3) is 0 Å². The fraction of sp³-hybridized carbons (Fsp3) is 0.333. The first-order valence-electron chi connectivity index (χ1n) is 3.96. The summed E-state index contributed by atoms with van der Waals surface area (Å²) in [6.07, 6.45) is 0. The van der Waals surface area contributed by atoms with Gasteiger partial charge in [0, 0.05) is 23.1 Å². The molecule has 0 aliphatic heterocycles. The van der Waals surface area contributed by atoms with E-state index in [1.54, 1.807) is 17.8 Å². The maximum absolute atomic E-state index is 12.8. The molecule has 72 valence electrons. The maximum Gasteiger partial charge on any atom is 0.123 e. The lowest BCUT2D eigenvalue weighted by Gasteiger charge is -2.03. The van der Waals surface area contributed by atoms with Gasteiger partial charge < -0.3 is 5.73 Å². The van der Waals surface area contributed by atoms with E-state index in [0.29, 0.717) is 17.3 Å². The molecule has 4 heteroatoms. The Kier molecular flexibility index (Phi) is 4.56. The first-order valence-corrected chi connectivity index (χ1v) is 5.49. The Morgan fingerprint density at radius 3 is 2.92 bits per heavy atom. The van der Waals surface area contributed by atoms with Crippen molar-refractivity contribution in [2.45, 2.75) is 5.75 Å². The highest BCUT2D eigenvalue weighted by molar-refractivity contribution is 7.98. The van der Waals surface area contributed by atoms with Crippen molar-refractivity contribution in [2.24, 2.45) is 5.73 Å². The topological polar surface area (TPSA) is 26.0 Å². The molecule has 1 aromatic carbocycles. The summed E-state index contributed by atoms with van der Waals surface area (Å²) in [4.78, 5) is 0. The monoisotopic (exact) mass is 219 g/mol. The molecule has 0 fully saturated rings. The van der Waals surface area contributed by atoms with Gasteiger partial charge in [-0.05, 0) is 23.8 Å². The van der Waals surface area contributed by atoms with Crippen LogP contribution in [0, 0.1) is 5.82 Å². The van der Waals surface area contributed by atoms with E-state index >= 15 is 0 Å². The zero-order valence-electron chi connectivity index (χ0n) is 7.09. The molecule has 0 amide bonds. The number of halogens is 2. The molecule has 0 aromatic heterocycles. The highest BCUT2D eigenvalue weighted by atomic mass is 35.5. The maximum atomic E-state index is 12.8. The van der Waals surface area contributed by atoms with Crippen LogP contribution < -0.4 is 5.73 Å². The van der Waals surface area contributed by atoms with Crippen LogP contribution in [0.2, 0.25) is 5.02 Å². The SMILES string of the molecule is NCCSCc1cc(F)ccc1Cl. The Bertz CT molecular complexity index is 280. The summed E-state index contributed by atoms with van der Waals surface area (Å²) < 4.78 is 12.8. The van der Waals surface area contributed by atoms with Crippen LogP contribution in [-0.4, -0.2) is 12.3 Å². The van der Waals surface area contributed by atoms with E-state index in [2.05, 4.69) is 0 Å². The highest BCUT2D eigenvalue weighted by Crippen LogP contribution is 2.21. The minimum absolute atomic E-state index is 0.243. The quantitative estimate of drug-likeness (QED) is 0.788. The number of hydrogen-bond donors (Lipinski definition) is 1. The molecule has 0 bridgehead atoms. The van der Waals surface area contributed by atoms with Gasteiger partial charge >= 0.3 is 0 Å². The molecule has 0 saturated heterocycles. The van der Waals surface area contributed by atoms with Gasteiger partial charge in [0.2, 0.25) is 0 Å². The molecule has 1 nitrogen and oxygen atoms in total. The van der Waals surface area contributed by atoms with Crippen LogP contribution in [0.15, 0.2) is 18.2 Å². The molecule has 13 heavy (non-hydrogen) atoms. The van der Waals surface area contributed by atoms with E-state index in [1.807, 2.05) is 0 Å². The first kappa shape index (κ1) is 10.8. The Morgan fingerprint density at radius 1 is 1.46 bits per heavy atom. The van der Waals surface area contributed by atoms with Crippen LogP contribution in [-0.2, 0) is 5.75 Å². The molecule has 2 N–H and O–H groups in total. The summed E-state index contributed by atoms with van der Waals surface area (Å²) in [6.45, 7) is 0.637. The van der Waals surface area contributed by atoms with Gasteiger partial charge in [0.1, 0.15) is 5.82 Å². The third kappa shape index (κ3) is 3.55. The van der Waals surface area contributed by atoms with Crippen molar-refractivity contribution in [2.75, 3.05) is 12.3 Å². The fourth-order valence-electron chi connectivity index (χ4n) is 0.919. The van der Waals surface area contributed by atoms with Crippen LogP contribution in [0.3, 0.4) is 0 Å². The smallest absolute Gasteiger partial charge is 0.123 e. The zero-order chi connectivity index (χ0) is 9.68. The van der Waals surface area contributed by atoms with Crippen molar-refractivity contribution in [3.05, 3.63) is 34.6 Å². The third-order valence-electron chi connectivity index (χ3n) is 1.53. The summed E-state index contributed by atoms with van der Waals surface area (Å²) in [6, 6.07) is 4.40. The number of thioether (sulfide) groups is 1. The van der Waals surface area contributed by atoms with Crippen LogP contribution in [0.25, 0.3) is 0 Å². The molecule has 0 unspecified atom stereocenters. The van der Waals surface area contributed by atoms with Crippen LogP contribution in [0.5, 0.6) is 0 Å². The van der Waals surface area contributed by atoms with Crippen LogP contribution in [0.4, 0.5) is 4.39 Å². The Hall–Kier alpha value is -0.250. The predicted octanol–water partition coefficient (Wildman–Crippen LogP) is 2.67. The van der Waals surface area contributed by atoms with Crippen molar-refractivity contribution in [3.63, 3.8) is 0 Å². The molecule has 0 spiro atoms. The predicted molar refractivity (Wildman–Crippen MR) is 56.6 cm³/mol. The number of hydrogen-bond acceptors (Lipinski definition) is 2. The molecule has 0 aliphatic rings. The summed E-state index contributed by atoms with van der Waals surface area (Å²) in [5.74, 6) is 1.34. The van der Waals surface area contributed by atoms with Gasteiger partial charge in [0.05, 0.1) is 0 Å². The molecule has 0 heterocycles. The molecule has 0 saturated carbocycles. The van der Waals surface area contributed by atoms with Gasteiger partial charge in [-0.25, -0.2) is 4.39 Å². The fourth-order valence-corrected chi connectivity index (χ4v) is 1.95. The minimum atomic E-state index is -0.243. The van der Waals surface area contributed by atoms with E-state index in [4.69, 9.17) is 17.3 Å². The van der Waals surface area contributed by atoms with Crippen LogP contribution in [0.1, 0.15) is 5.56 Å². The Morgan fingerprint density at radius 2 is 2.23 bits per heavy atom. The molecular weight excluding hydrogens is 209 g/mol. The Labute approximate surface area is 86.5 Å². The summed E-state index contributed by atoms with van der Waals surface area (Å²) in [5, 5.41) is 0.617. The highest BCUT2D eigenvalue weighted by Gasteiger charge is 2.01. The largest absolute Gasteiger partial charge is 0.330 e. The second-order valence-corrected chi connectivity index (χ2v) is 4.09. The lowest BCUT2D eigenvalue weighted by molar-refractivity contribution is 0.626. The van der Waals surface area contributed by atoms with Gasteiger partial charge in [-0.2, -0.15) is 11.8 Å². The Balaban J connectivity index is 2.59. The van der Waals surface area contributed by atoms with E-state index in [1.165, 1.54) is 12.1 Å². The summed E-state index contributed by atoms with van der Waals surface area (Å²) >= 11 is 7.52. The second-order valence-electron chi connectivity index (χ2n) is 2.58. The van der Waals surface area contributed by atoms with E-state index in [0.717, 1.165) is 11.3 Å². The average molecular weight is 220 g/mol. The van der Waals surface area contributed by atoms with E-state index < -0.39 is 0 Å². The molecule has 0 radical (unpaired) electrons. The molecular formula is C9H11ClFNS. The normalized spacial score (nSPS) is 10.4. The summed E-state index contributed by atoms with van der Waals surface area (Å²) in [7, 11) is 0. The number of rotatable bonds is 4. The molecule has 1 rings (SSSR count). The third-order valence-corrected chi connectivity index (χ3v) is 2.94. The molecule has 1 aromatic rings.